The molecule has 0 aromatic heterocycles. The van der Waals surface area contributed by atoms with Crippen molar-refractivity contribution >= 4 is 17.6 Å². The Labute approximate surface area is 130 Å². The topological polar surface area (TPSA) is 74.8 Å². The third-order valence-electron chi connectivity index (χ3n) is 2.63. The molecule has 0 saturated heterocycles. The molecule has 122 valence electrons. The number of carbonyl (C=O) groups excluding carboxylic acids is 1. The highest BCUT2D eigenvalue weighted by Crippen LogP contribution is 2.08. The molecule has 0 saturated carbocycles. The van der Waals surface area contributed by atoms with E-state index in [1.807, 2.05) is 13.8 Å². The first-order valence-corrected chi connectivity index (χ1v) is 7.14. The van der Waals surface area contributed by atoms with E-state index < -0.39 is 5.82 Å². The Morgan fingerprint density at radius 1 is 1.45 bits per heavy atom. The van der Waals surface area contributed by atoms with E-state index >= 15 is 0 Å². The maximum absolute atomic E-state index is 13.0. The first kappa shape index (κ1) is 17.9. The predicted molar refractivity (Wildman–Crippen MR) is 85.5 cm³/mol. The predicted octanol–water partition coefficient (Wildman–Crippen LogP) is 1.35. The number of benzene rings is 1. The molecule has 0 bridgehead atoms. The number of anilines is 1. The third kappa shape index (κ3) is 7.03. The molecule has 22 heavy (non-hydrogen) atoms. The van der Waals surface area contributed by atoms with E-state index in [9.17, 15) is 9.18 Å². The number of nitrogens with one attached hydrogen (secondary N) is 3. The summed E-state index contributed by atoms with van der Waals surface area (Å²) in [6.07, 6.45) is 0. The second-order valence-electron chi connectivity index (χ2n) is 4.75. The summed E-state index contributed by atoms with van der Waals surface area (Å²) < 4.78 is 18.1. The van der Waals surface area contributed by atoms with Gasteiger partial charge in [-0.2, -0.15) is 0 Å². The van der Waals surface area contributed by atoms with E-state index in [1.54, 1.807) is 13.2 Å². The smallest absolute Gasteiger partial charge is 0.246 e. The fraction of sp³-hybridized carbons (Fsp3) is 0.467. The average molecular weight is 310 g/mol. The quantitative estimate of drug-likeness (QED) is 0.525. The normalized spacial score (nSPS) is 12.6. The molecule has 7 heteroatoms. The third-order valence-corrected chi connectivity index (χ3v) is 2.63. The number of ether oxygens (including phenoxy) is 1. The highest BCUT2D eigenvalue weighted by atomic mass is 19.1. The maximum atomic E-state index is 13.0. The van der Waals surface area contributed by atoms with E-state index in [0.717, 1.165) is 0 Å². The number of carbonyl (C=O) groups is 1. The molecular weight excluding hydrogens is 287 g/mol. The summed E-state index contributed by atoms with van der Waals surface area (Å²) in [6, 6.07) is 5.79. The van der Waals surface area contributed by atoms with E-state index in [1.165, 1.54) is 18.2 Å². The molecule has 0 aliphatic heterocycles. The Balaban J connectivity index is 2.55. The summed E-state index contributed by atoms with van der Waals surface area (Å²) in [5, 5.41) is 8.76. The minimum absolute atomic E-state index is 0.0639. The number of aliphatic imine (C=N–C) groups is 1. The first-order valence-electron chi connectivity index (χ1n) is 7.14. The second-order valence-corrected chi connectivity index (χ2v) is 4.75. The molecule has 1 atom stereocenters. The first-order chi connectivity index (χ1) is 10.5. The number of guanidine groups is 1. The van der Waals surface area contributed by atoms with Crippen LogP contribution in [0.25, 0.3) is 0 Å². The molecule has 1 aromatic carbocycles. The van der Waals surface area contributed by atoms with Crippen LogP contribution >= 0.6 is 0 Å². The lowest BCUT2D eigenvalue weighted by molar-refractivity contribution is -0.114. The van der Waals surface area contributed by atoms with E-state index in [4.69, 9.17) is 4.74 Å². The van der Waals surface area contributed by atoms with Crippen molar-refractivity contribution in [2.45, 2.75) is 19.9 Å². The summed E-state index contributed by atoms with van der Waals surface area (Å²) in [5.74, 6) is -0.187. The fourth-order valence-corrected chi connectivity index (χ4v) is 1.76. The van der Waals surface area contributed by atoms with E-state index in [2.05, 4.69) is 20.9 Å². The second kappa shape index (κ2) is 9.73. The van der Waals surface area contributed by atoms with Crippen LogP contribution in [0.4, 0.5) is 10.1 Å². The molecule has 0 heterocycles. The molecular formula is C15H23FN4O2. The Kier molecular flexibility index (Phi) is 7.91. The Hall–Kier alpha value is -2.15. The summed E-state index contributed by atoms with van der Waals surface area (Å²) in [6.45, 7) is 5.02. The lowest BCUT2D eigenvalue weighted by atomic mass is 10.3. The number of nitrogens with zero attached hydrogens (tertiary/aromatic N) is 1. The monoisotopic (exact) mass is 310 g/mol. The number of hydrogen-bond donors (Lipinski definition) is 3. The zero-order valence-electron chi connectivity index (χ0n) is 13.1. The molecule has 1 rings (SSSR count). The summed E-state index contributed by atoms with van der Waals surface area (Å²) >= 11 is 0. The van der Waals surface area contributed by atoms with Crippen molar-refractivity contribution in [3.8, 4) is 0 Å². The number of rotatable bonds is 7. The van der Waals surface area contributed by atoms with Crippen molar-refractivity contribution in [1.82, 2.24) is 10.6 Å². The van der Waals surface area contributed by atoms with Crippen molar-refractivity contribution in [2.24, 2.45) is 4.99 Å². The number of methoxy groups -OCH3 is 1. The van der Waals surface area contributed by atoms with Crippen LogP contribution in [0.3, 0.4) is 0 Å². The number of halogens is 1. The molecule has 1 aromatic rings. The van der Waals surface area contributed by atoms with Gasteiger partial charge in [0.2, 0.25) is 5.91 Å². The fourth-order valence-electron chi connectivity index (χ4n) is 1.76. The van der Waals surface area contributed by atoms with Gasteiger partial charge in [-0.3, -0.25) is 4.79 Å². The van der Waals surface area contributed by atoms with Crippen molar-refractivity contribution in [2.75, 3.05) is 32.1 Å². The average Bonchev–Trinajstić information content (AvgIpc) is 2.45. The maximum Gasteiger partial charge on any atom is 0.246 e. The van der Waals surface area contributed by atoms with Gasteiger partial charge >= 0.3 is 0 Å². The minimum Gasteiger partial charge on any atom is -0.383 e. The highest BCUT2D eigenvalue weighted by Gasteiger charge is 2.06. The standard InChI is InChI=1S/C15H23FN4O2/c1-4-17-15(19-11(2)10-22-3)18-9-14(21)20-13-7-5-6-12(16)8-13/h5-8,11H,4,9-10H2,1-3H3,(H,20,21)(H2,17,18,19). The van der Waals surface area contributed by atoms with Gasteiger partial charge in [-0.15, -0.1) is 0 Å². The van der Waals surface area contributed by atoms with Gasteiger partial charge in [-0.05, 0) is 32.0 Å². The molecule has 3 N–H and O–H groups in total. The Bertz CT molecular complexity index is 508. The van der Waals surface area contributed by atoms with E-state index in [-0.39, 0.29) is 18.5 Å². The lowest BCUT2D eigenvalue weighted by Gasteiger charge is -2.16. The van der Waals surface area contributed by atoms with Crippen LogP contribution in [-0.4, -0.2) is 44.7 Å². The summed E-state index contributed by atoms with van der Waals surface area (Å²) in [7, 11) is 1.62. The van der Waals surface area contributed by atoms with Gasteiger partial charge in [0.1, 0.15) is 12.4 Å². The van der Waals surface area contributed by atoms with Crippen molar-refractivity contribution < 1.29 is 13.9 Å². The molecule has 6 nitrogen and oxygen atoms in total. The van der Waals surface area contributed by atoms with Crippen LogP contribution in [0.15, 0.2) is 29.3 Å². The van der Waals surface area contributed by atoms with Gasteiger partial charge in [0.05, 0.1) is 6.61 Å². The van der Waals surface area contributed by atoms with Gasteiger partial charge < -0.3 is 20.7 Å². The molecule has 0 spiro atoms. The molecule has 0 radical (unpaired) electrons. The van der Waals surface area contributed by atoms with Gasteiger partial charge in [-0.1, -0.05) is 6.07 Å². The number of amides is 1. The van der Waals surface area contributed by atoms with Crippen molar-refractivity contribution in [1.29, 1.82) is 0 Å². The van der Waals surface area contributed by atoms with Crippen LogP contribution in [-0.2, 0) is 9.53 Å². The van der Waals surface area contributed by atoms with Gasteiger partial charge in [0, 0.05) is 25.4 Å². The molecule has 0 fully saturated rings. The Morgan fingerprint density at radius 2 is 2.23 bits per heavy atom. The summed E-state index contributed by atoms with van der Waals surface area (Å²) in [5.41, 5.74) is 0.408. The van der Waals surface area contributed by atoms with Gasteiger partial charge in [-0.25, -0.2) is 9.38 Å². The van der Waals surface area contributed by atoms with Crippen LogP contribution in [0, 0.1) is 5.82 Å². The van der Waals surface area contributed by atoms with Crippen LogP contribution < -0.4 is 16.0 Å². The number of hydrogen-bond acceptors (Lipinski definition) is 3. The molecule has 0 aliphatic rings. The SMILES string of the molecule is CCNC(=NCC(=O)Nc1cccc(F)c1)NC(C)COC. The van der Waals surface area contributed by atoms with E-state index in [0.29, 0.717) is 24.8 Å². The Morgan fingerprint density at radius 3 is 2.86 bits per heavy atom. The largest absolute Gasteiger partial charge is 0.383 e. The van der Waals surface area contributed by atoms with Crippen LogP contribution in [0.2, 0.25) is 0 Å². The van der Waals surface area contributed by atoms with Crippen LogP contribution in [0.5, 0.6) is 0 Å². The van der Waals surface area contributed by atoms with Gasteiger partial charge in [0.15, 0.2) is 5.96 Å². The van der Waals surface area contributed by atoms with Crippen molar-refractivity contribution in [3.05, 3.63) is 30.1 Å². The molecule has 1 unspecified atom stereocenters. The molecule has 1 amide bonds. The zero-order valence-corrected chi connectivity index (χ0v) is 13.1. The van der Waals surface area contributed by atoms with Gasteiger partial charge in [0.25, 0.3) is 0 Å². The summed E-state index contributed by atoms with van der Waals surface area (Å²) in [4.78, 5) is 16.0. The van der Waals surface area contributed by atoms with Crippen molar-refractivity contribution in [3.63, 3.8) is 0 Å². The van der Waals surface area contributed by atoms with Crippen LogP contribution in [0.1, 0.15) is 13.8 Å². The lowest BCUT2D eigenvalue weighted by Crippen LogP contribution is -2.44. The highest BCUT2D eigenvalue weighted by molar-refractivity contribution is 5.94. The zero-order chi connectivity index (χ0) is 16.4. The molecule has 0 aliphatic carbocycles. The minimum atomic E-state index is -0.398.